The van der Waals surface area contributed by atoms with Gasteiger partial charge in [0.2, 0.25) is 0 Å². The fraction of sp³-hybridized carbons (Fsp3) is 1.00. The molecule has 0 saturated carbocycles. The van der Waals surface area contributed by atoms with Crippen LogP contribution in [0.25, 0.3) is 0 Å². The zero-order valence-corrected chi connectivity index (χ0v) is 4.23. The first-order valence-electron chi connectivity index (χ1n) is 1.90. The number of hydrogen-bond acceptors (Lipinski definition) is 1. The van der Waals surface area contributed by atoms with Crippen LogP contribution in [0, 0.1) is 0 Å². The molecule has 0 heterocycles. The summed E-state index contributed by atoms with van der Waals surface area (Å²) in [5.74, 6) is 0. The van der Waals surface area contributed by atoms with Crippen LogP contribution >= 0.6 is 0 Å². The fourth-order valence-corrected chi connectivity index (χ4v) is 0.204. The average Bonchev–Trinajstić information content (AvgIpc) is 1.41. The van der Waals surface area contributed by atoms with Gasteiger partial charge in [0.15, 0.2) is 0 Å². The van der Waals surface area contributed by atoms with Gasteiger partial charge < -0.3 is 4.74 Å². The van der Waals surface area contributed by atoms with E-state index in [2.05, 4.69) is 6.92 Å². The van der Waals surface area contributed by atoms with Gasteiger partial charge >= 0.3 is 0 Å². The lowest BCUT2D eigenvalue weighted by molar-refractivity contribution is 0.199. The lowest BCUT2D eigenvalue weighted by atomic mass is 10.5. The number of halogens is 1. The molecule has 0 amide bonds. The Kier molecular flexibility index (Phi) is 13.7. The third-order valence-corrected chi connectivity index (χ3v) is 0.408. The van der Waals surface area contributed by atoms with Crippen molar-refractivity contribution in [2.75, 3.05) is 13.7 Å². The summed E-state index contributed by atoms with van der Waals surface area (Å²) < 4.78 is 4.69. The lowest BCUT2D eigenvalue weighted by Crippen LogP contribution is -1.80. The molecule has 0 bridgehead atoms. The molecule has 0 aliphatic heterocycles. The highest BCUT2D eigenvalue weighted by Gasteiger charge is 1.66. The highest BCUT2D eigenvalue weighted by atomic mass is 19.0. The number of ether oxygens (including phenoxy) is 1. The van der Waals surface area contributed by atoms with E-state index in [1.54, 1.807) is 7.11 Å². The van der Waals surface area contributed by atoms with E-state index in [0.717, 1.165) is 13.0 Å². The number of rotatable bonds is 2. The van der Waals surface area contributed by atoms with Gasteiger partial charge in [0.1, 0.15) is 0 Å². The predicted octanol–water partition coefficient (Wildman–Crippen LogP) is 1.20. The van der Waals surface area contributed by atoms with Gasteiger partial charge in [-0.2, -0.15) is 0 Å². The molecule has 0 radical (unpaired) electrons. The van der Waals surface area contributed by atoms with Gasteiger partial charge in [0, 0.05) is 13.7 Å². The van der Waals surface area contributed by atoms with Crippen molar-refractivity contribution in [3.63, 3.8) is 0 Å². The van der Waals surface area contributed by atoms with Crippen molar-refractivity contribution in [1.29, 1.82) is 0 Å². The second kappa shape index (κ2) is 8.86. The average molecular weight is 94.1 g/mol. The van der Waals surface area contributed by atoms with E-state index in [1.807, 2.05) is 0 Å². The van der Waals surface area contributed by atoms with Crippen LogP contribution in [0.1, 0.15) is 13.3 Å². The Morgan fingerprint density at radius 2 is 2.00 bits per heavy atom. The van der Waals surface area contributed by atoms with Gasteiger partial charge in [-0.3, -0.25) is 4.70 Å². The van der Waals surface area contributed by atoms with Gasteiger partial charge in [0.25, 0.3) is 0 Å². The van der Waals surface area contributed by atoms with Crippen molar-refractivity contribution in [2.45, 2.75) is 13.3 Å². The van der Waals surface area contributed by atoms with Gasteiger partial charge in [-0.05, 0) is 6.42 Å². The Labute approximate surface area is 37.7 Å². The van der Waals surface area contributed by atoms with Crippen molar-refractivity contribution in [3.8, 4) is 0 Å². The van der Waals surface area contributed by atoms with Crippen LogP contribution in [-0.2, 0) is 4.74 Å². The number of methoxy groups -OCH3 is 1. The number of hydrogen-bond donors (Lipinski definition) is 0. The highest BCUT2D eigenvalue weighted by molar-refractivity contribution is 4.15. The molecule has 1 nitrogen and oxygen atoms in total. The van der Waals surface area contributed by atoms with Crippen molar-refractivity contribution in [3.05, 3.63) is 0 Å². The third kappa shape index (κ3) is 9.10. The molecule has 0 aromatic rings. The Morgan fingerprint density at radius 3 is 2.00 bits per heavy atom. The third-order valence-electron chi connectivity index (χ3n) is 0.408. The Hall–Kier alpha value is -0.110. The van der Waals surface area contributed by atoms with Crippen molar-refractivity contribution < 1.29 is 9.44 Å². The van der Waals surface area contributed by atoms with E-state index in [4.69, 9.17) is 4.74 Å². The molecule has 0 saturated heterocycles. The van der Waals surface area contributed by atoms with Crippen LogP contribution in [-0.4, -0.2) is 13.7 Å². The minimum Gasteiger partial charge on any atom is -0.385 e. The summed E-state index contributed by atoms with van der Waals surface area (Å²) in [7, 11) is 1.71. The van der Waals surface area contributed by atoms with E-state index in [1.165, 1.54) is 0 Å². The van der Waals surface area contributed by atoms with Crippen LogP contribution in [0.2, 0.25) is 0 Å². The molecule has 0 aliphatic rings. The first kappa shape index (κ1) is 9.31. The Morgan fingerprint density at radius 1 is 1.50 bits per heavy atom. The molecule has 0 N–H and O–H groups in total. The summed E-state index contributed by atoms with van der Waals surface area (Å²) in [6, 6.07) is 0. The van der Waals surface area contributed by atoms with Crippen LogP contribution in [0.15, 0.2) is 0 Å². The van der Waals surface area contributed by atoms with Gasteiger partial charge in [-0.15, -0.1) is 0 Å². The molecule has 0 rings (SSSR count). The Balaban J connectivity index is 0. The SMILES string of the molecule is CCCOC.F. The van der Waals surface area contributed by atoms with E-state index >= 15 is 0 Å². The van der Waals surface area contributed by atoms with Crippen LogP contribution in [0.4, 0.5) is 4.70 Å². The summed E-state index contributed by atoms with van der Waals surface area (Å²) in [6.45, 7) is 2.98. The van der Waals surface area contributed by atoms with E-state index < -0.39 is 0 Å². The maximum absolute atomic E-state index is 4.69. The minimum atomic E-state index is 0. The molecule has 0 unspecified atom stereocenters. The van der Waals surface area contributed by atoms with Crippen LogP contribution < -0.4 is 0 Å². The van der Waals surface area contributed by atoms with Crippen LogP contribution in [0.3, 0.4) is 0 Å². The van der Waals surface area contributed by atoms with Gasteiger partial charge in [-0.25, -0.2) is 0 Å². The zero-order valence-electron chi connectivity index (χ0n) is 4.23. The molecule has 0 atom stereocenters. The monoisotopic (exact) mass is 94.1 g/mol. The van der Waals surface area contributed by atoms with E-state index in [-0.39, 0.29) is 4.70 Å². The first-order valence-corrected chi connectivity index (χ1v) is 1.90. The second-order valence-electron chi connectivity index (χ2n) is 0.993. The summed E-state index contributed by atoms with van der Waals surface area (Å²) >= 11 is 0. The van der Waals surface area contributed by atoms with E-state index in [9.17, 15) is 0 Å². The molecule has 0 aromatic heterocycles. The molecule has 2 heteroatoms. The summed E-state index contributed by atoms with van der Waals surface area (Å²) in [6.07, 6.45) is 1.12. The molecule has 0 spiro atoms. The second-order valence-corrected chi connectivity index (χ2v) is 0.993. The van der Waals surface area contributed by atoms with Gasteiger partial charge in [0.05, 0.1) is 0 Å². The predicted molar refractivity (Wildman–Crippen MR) is 24.7 cm³/mol. The van der Waals surface area contributed by atoms with Gasteiger partial charge in [-0.1, -0.05) is 6.92 Å². The minimum absolute atomic E-state index is 0. The standard InChI is InChI=1S/C4H10O.FH/c1-3-4-5-2;/h3-4H2,1-2H3;1H. The maximum atomic E-state index is 4.69. The highest BCUT2D eigenvalue weighted by Crippen LogP contribution is 1.70. The quantitative estimate of drug-likeness (QED) is 0.499. The van der Waals surface area contributed by atoms with E-state index in [0.29, 0.717) is 0 Å². The normalized spacial score (nSPS) is 7.00. The summed E-state index contributed by atoms with van der Waals surface area (Å²) in [5.41, 5.74) is 0. The largest absolute Gasteiger partial charge is 0.385 e. The molecule has 6 heavy (non-hydrogen) atoms. The molecule has 0 aliphatic carbocycles. The summed E-state index contributed by atoms with van der Waals surface area (Å²) in [5, 5.41) is 0. The maximum Gasteiger partial charge on any atom is 0.0459 e. The smallest absolute Gasteiger partial charge is 0.0459 e. The first-order chi connectivity index (χ1) is 2.41. The fourth-order valence-electron chi connectivity index (χ4n) is 0.204. The van der Waals surface area contributed by atoms with Crippen molar-refractivity contribution >= 4 is 0 Å². The lowest BCUT2D eigenvalue weighted by Gasteiger charge is -1.84. The molecule has 0 aromatic carbocycles. The molecular formula is C4H11FO. The Bertz CT molecular complexity index is 15.0. The topological polar surface area (TPSA) is 9.23 Å². The van der Waals surface area contributed by atoms with Crippen molar-refractivity contribution in [1.82, 2.24) is 0 Å². The summed E-state index contributed by atoms with van der Waals surface area (Å²) in [4.78, 5) is 0. The molecular weight excluding hydrogens is 83.0 g/mol. The molecule has 0 fully saturated rings. The van der Waals surface area contributed by atoms with Crippen LogP contribution in [0.5, 0.6) is 0 Å². The zero-order chi connectivity index (χ0) is 4.12. The molecule has 40 valence electrons. The van der Waals surface area contributed by atoms with Crippen molar-refractivity contribution in [2.24, 2.45) is 0 Å².